The molecule has 6 N–H and O–H groups in total. The molecule has 2 unspecified atom stereocenters. The Hall–Kier alpha value is -1.27. The first kappa shape index (κ1) is 11.8. The second kappa shape index (κ2) is 4.08. The summed E-state index contributed by atoms with van der Waals surface area (Å²) in [4.78, 5) is 0. The molecule has 2 atom stereocenters. The molecule has 0 saturated carbocycles. The van der Waals surface area contributed by atoms with Crippen LogP contribution in [0.1, 0.15) is 20.3 Å². The quantitative estimate of drug-likeness (QED) is 0.541. The second-order valence-electron chi connectivity index (χ2n) is 3.84. The number of anilines is 2. The smallest absolute Gasteiger partial charge is 0.145 e. The maximum Gasteiger partial charge on any atom is 0.145 e. The molecule has 1 aromatic heterocycles. The van der Waals surface area contributed by atoms with E-state index in [2.05, 4.69) is 5.10 Å². The molecule has 0 aliphatic rings. The number of aliphatic hydroxyl groups excluding tert-OH is 2. The lowest BCUT2D eigenvalue weighted by atomic mass is 9.94. The van der Waals surface area contributed by atoms with E-state index in [9.17, 15) is 10.2 Å². The summed E-state index contributed by atoms with van der Waals surface area (Å²) < 4.78 is 1.37. The van der Waals surface area contributed by atoms with Gasteiger partial charge in [0.25, 0.3) is 0 Å². The van der Waals surface area contributed by atoms with Gasteiger partial charge in [0, 0.05) is 0 Å². The zero-order valence-electron chi connectivity index (χ0n) is 9.01. The topological polar surface area (TPSA) is 110 Å². The maximum atomic E-state index is 9.85. The summed E-state index contributed by atoms with van der Waals surface area (Å²) in [5.74, 6) is 0.263. The van der Waals surface area contributed by atoms with Gasteiger partial charge in [-0.1, -0.05) is 6.92 Å². The molecule has 1 aromatic rings. The number of hydrogen-bond acceptors (Lipinski definition) is 5. The summed E-state index contributed by atoms with van der Waals surface area (Å²) in [5.41, 5.74) is 10.7. The molecule has 0 bridgehead atoms. The Morgan fingerprint density at radius 2 is 2.20 bits per heavy atom. The molecule has 0 aliphatic heterocycles. The fraction of sp³-hybridized carbons (Fsp3) is 0.667. The van der Waals surface area contributed by atoms with Gasteiger partial charge in [0.05, 0.1) is 24.6 Å². The van der Waals surface area contributed by atoms with E-state index in [4.69, 9.17) is 11.5 Å². The molecule has 0 saturated heterocycles. The highest BCUT2D eigenvalue weighted by molar-refractivity contribution is 5.57. The van der Waals surface area contributed by atoms with E-state index < -0.39 is 11.6 Å². The van der Waals surface area contributed by atoms with Crippen LogP contribution in [0.2, 0.25) is 0 Å². The standard InChI is InChI=1S/C9H18N4O2/c1-3-7(15)9(2,5-14)13-8(11)6(10)4-12-13/h4,7,14-15H,3,5,10-11H2,1-2H3. The van der Waals surface area contributed by atoms with Crippen molar-refractivity contribution < 1.29 is 10.2 Å². The van der Waals surface area contributed by atoms with Gasteiger partial charge in [-0.25, -0.2) is 4.68 Å². The van der Waals surface area contributed by atoms with Gasteiger partial charge in [0.15, 0.2) is 0 Å². The first-order chi connectivity index (χ1) is 6.97. The lowest BCUT2D eigenvalue weighted by Crippen LogP contribution is -2.46. The number of nitrogens with zero attached hydrogens (tertiary/aromatic N) is 2. The molecular weight excluding hydrogens is 196 g/mol. The van der Waals surface area contributed by atoms with Crippen molar-refractivity contribution in [2.75, 3.05) is 18.1 Å². The van der Waals surface area contributed by atoms with Gasteiger partial charge in [-0.2, -0.15) is 5.10 Å². The van der Waals surface area contributed by atoms with Gasteiger partial charge in [-0.15, -0.1) is 0 Å². The average molecular weight is 214 g/mol. The van der Waals surface area contributed by atoms with Crippen molar-refractivity contribution in [1.29, 1.82) is 0 Å². The van der Waals surface area contributed by atoms with E-state index >= 15 is 0 Å². The minimum absolute atomic E-state index is 0.257. The van der Waals surface area contributed by atoms with Crippen molar-refractivity contribution in [2.45, 2.75) is 31.9 Å². The van der Waals surface area contributed by atoms with Gasteiger partial charge in [-0.3, -0.25) is 0 Å². The van der Waals surface area contributed by atoms with Gasteiger partial charge in [0.1, 0.15) is 11.4 Å². The Kier molecular flexibility index (Phi) is 3.21. The Morgan fingerprint density at radius 3 is 2.53 bits per heavy atom. The molecule has 1 heterocycles. The molecule has 0 aromatic carbocycles. The van der Waals surface area contributed by atoms with Gasteiger partial charge < -0.3 is 21.7 Å². The summed E-state index contributed by atoms with van der Waals surface area (Å²) in [7, 11) is 0. The highest BCUT2D eigenvalue weighted by atomic mass is 16.3. The van der Waals surface area contributed by atoms with E-state index in [0.29, 0.717) is 12.1 Å². The molecule has 0 radical (unpaired) electrons. The fourth-order valence-electron chi connectivity index (χ4n) is 1.53. The normalized spacial score (nSPS) is 17.3. The van der Waals surface area contributed by atoms with Crippen molar-refractivity contribution in [3.8, 4) is 0 Å². The largest absolute Gasteiger partial charge is 0.394 e. The second-order valence-corrected chi connectivity index (χ2v) is 3.84. The van der Waals surface area contributed by atoms with Crippen LogP contribution in [0.15, 0.2) is 6.20 Å². The number of rotatable bonds is 4. The summed E-state index contributed by atoms with van der Waals surface area (Å²) in [5, 5.41) is 23.2. The van der Waals surface area contributed by atoms with E-state index in [1.54, 1.807) is 6.92 Å². The molecule has 1 rings (SSSR count). The minimum atomic E-state index is -0.934. The van der Waals surface area contributed by atoms with Crippen LogP contribution in [0.25, 0.3) is 0 Å². The lowest BCUT2D eigenvalue weighted by Gasteiger charge is -2.33. The summed E-state index contributed by atoms with van der Waals surface area (Å²) in [6.07, 6.45) is 1.17. The first-order valence-corrected chi connectivity index (χ1v) is 4.85. The molecular formula is C9H18N4O2. The van der Waals surface area contributed by atoms with Crippen LogP contribution in [0, 0.1) is 0 Å². The predicted molar refractivity (Wildman–Crippen MR) is 58.1 cm³/mol. The number of hydrogen-bond donors (Lipinski definition) is 4. The van der Waals surface area contributed by atoms with E-state index in [1.807, 2.05) is 6.92 Å². The Balaban J connectivity index is 3.16. The van der Waals surface area contributed by atoms with Crippen molar-refractivity contribution >= 4 is 11.5 Å². The molecule has 86 valence electrons. The van der Waals surface area contributed by atoms with E-state index in [0.717, 1.165) is 0 Å². The van der Waals surface area contributed by atoms with Crippen LogP contribution in [-0.2, 0) is 5.54 Å². The molecule has 0 fully saturated rings. The molecule has 0 amide bonds. The van der Waals surface area contributed by atoms with Gasteiger partial charge >= 0.3 is 0 Å². The highest BCUT2D eigenvalue weighted by Gasteiger charge is 2.35. The van der Waals surface area contributed by atoms with Crippen molar-refractivity contribution in [3.05, 3.63) is 6.20 Å². The van der Waals surface area contributed by atoms with Crippen molar-refractivity contribution in [2.24, 2.45) is 0 Å². The molecule has 6 nitrogen and oxygen atoms in total. The number of aromatic nitrogens is 2. The summed E-state index contributed by atoms with van der Waals surface area (Å²) >= 11 is 0. The van der Waals surface area contributed by atoms with Gasteiger partial charge in [-0.05, 0) is 13.3 Å². The van der Waals surface area contributed by atoms with E-state index in [1.165, 1.54) is 10.9 Å². The monoisotopic (exact) mass is 214 g/mol. The molecule has 6 heteroatoms. The first-order valence-electron chi connectivity index (χ1n) is 4.85. The Bertz CT molecular complexity index is 339. The Labute approximate surface area is 88.5 Å². The average Bonchev–Trinajstić information content (AvgIpc) is 2.58. The minimum Gasteiger partial charge on any atom is -0.394 e. The Morgan fingerprint density at radius 1 is 1.60 bits per heavy atom. The molecule has 0 aliphatic carbocycles. The number of nitrogens with two attached hydrogens (primary N) is 2. The van der Waals surface area contributed by atoms with Crippen LogP contribution >= 0.6 is 0 Å². The highest BCUT2D eigenvalue weighted by Crippen LogP contribution is 2.27. The number of nitrogen functional groups attached to an aromatic ring is 2. The van der Waals surface area contributed by atoms with Crippen molar-refractivity contribution in [3.63, 3.8) is 0 Å². The zero-order valence-corrected chi connectivity index (χ0v) is 9.01. The van der Waals surface area contributed by atoms with Crippen LogP contribution in [0.5, 0.6) is 0 Å². The summed E-state index contributed by atoms with van der Waals surface area (Å²) in [6, 6.07) is 0. The summed E-state index contributed by atoms with van der Waals surface area (Å²) in [6.45, 7) is 3.25. The third-order valence-electron chi connectivity index (χ3n) is 2.74. The van der Waals surface area contributed by atoms with E-state index in [-0.39, 0.29) is 12.4 Å². The van der Waals surface area contributed by atoms with Gasteiger partial charge in [0.2, 0.25) is 0 Å². The van der Waals surface area contributed by atoms with Crippen LogP contribution < -0.4 is 11.5 Å². The molecule has 0 spiro atoms. The van der Waals surface area contributed by atoms with Crippen LogP contribution in [0.3, 0.4) is 0 Å². The molecule has 15 heavy (non-hydrogen) atoms. The van der Waals surface area contributed by atoms with Crippen LogP contribution in [0.4, 0.5) is 11.5 Å². The maximum absolute atomic E-state index is 9.85. The zero-order chi connectivity index (χ0) is 11.6. The third-order valence-corrected chi connectivity index (χ3v) is 2.74. The van der Waals surface area contributed by atoms with Crippen molar-refractivity contribution in [1.82, 2.24) is 9.78 Å². The number of aliphatic hydroxyl groups is 2. The fourth-order valence-corrected chi connectivity index (χ4v) is 1.53. The lowest BCUT2D eigenvalue weighted by molar-refractivity contribution is -0.00402. The SMILES string of the molecule is CCC(O)C(C)(CO)n1ncc(N)c1N. The van der Waals surface area contributed by atoms with Crippen LogP contribution in [-0.4, -0.2) is 32.7 Å². The third kappa shape index (κ3) is 1.78. The predicted octanol–water partition coefficient (Wildman–Crippen LogP) is -0.474.